The number of halogens is 3. The van der Waals surface area contributed by atoms with Gasteiger partial charge in [0, 0.05) is 31.0 Å². The first-order chi connectivity index (χ1) is 15.3. The number of ether oxygens (including phenoxy) is 2. The summed E-state index contributed by atoms with van der Waals surface area (Å²) in [6, 6.07) is 10.3. The molecule has 32 heavy (non-hydrogen) atoms. The van der Waals surface area contributed by atoms with Crippen molar-refractivity contribution in [2.75, 3.05) is 13.7 Å². The number of benzene rings is 2. The zero-order valence-electron chi connectivity index (χ0n) is 16.9. The first kappa shape index (κ1) is 23.1. The Hall–Kier alpha value is -3.54. The van der Waals surface area contributed by atoms with Crippen molar-refractivity contribution in [1.29, 1.82) is 5.26 Å². The number of aromatic nitrogens is 1. The van der Waals surface area contributed by atoms with Gasteiger partial charge in [0.15, 0.2) is 5.78 Å². The summed E-state index contributed by atoms with van der Waals surface area (Å²) in [5, 5.41) is 9.41. The maximum atomic E-state index is 14.0. The highest BCUT2D eigenvalue weighted by molar-refractivity contribution is 6.31. The molecule has 0 saturated heterocycles. The number of nitrogens with zero attached hydrogens (tertiary/aromatic N) is 2. The van der Waals surface area contributed by atoms with Crippen molar-refractivity contribution >= 4 is 17.4 Å². The Balaban J connectivity index is 1.99. The van der Waals surface area contributed by atoms with Crippen molar-refractivity contribution in [3.8, 4) is 11.8 Å². The lowest BCUT2D eigenvalue weighted by molar-refractivity contribution is 0.103. The molecule has 1 heterocycles. The third-order valence-electron chi connectivity index (χ3n) is 4.62. The largest absolute Gasteiger partial charge is 0.488 e. The maximum Gasteiger partial charge on any atom is 0.268 e. The molecule has 0 N–H and O–H groups in total. The number of carbonyl (C=O) groups excluding carboxylic acids is 1. The molecule has 164 valence electrons. The molecule has 2 aromatic carbocycles. The Morgan fingerprint density at radius 2 is 2.00 bits per heavy atom. The van der Waals surface area contributed by atoms with E-state index in [0.717, 1.165) is 18.2 Å². The second kappa shape index (κ2) is 10.2. The van der Waals surface area contributed by atoms with Gasteiger partial charge in [-0.2, -0.15) is 5.26 Å². The van der Waals surface area contributed by atoms with Gasteiger partial charge in [-0.1, -0.05) is 17.7 Å². The Morgan fingerprint density at radius 3 is 2.69 bits per heavy atom. The second-order valence-corrected chi connectivity index (χ2v) is 7.11. The third-order valence-corrected chi connectivity index (χ3v) is 4.98. The van der Waals surface area contributed by atoms with Crippen LogP contribution in [0.4, 0.5) is 8.78 Å². The summed E-state index contributed by atoms with van der Waals surface area (Å²) >= 11 is 6.01. The van der Waals surface area contributed by atoms with Crippen LogP contribution in [0.15, 0.2) is 53.5 Å². The van der Waals surface area contributed by atoms with E-state index in [2.05, 4.69) is 0 Å². The van der Waals surface area contributed by atoms with Gasteiger partial charge in [0.25, 0.3) is 5.56 Å². The van der Waals surface area contributed by atoms with E-state index < -0.39 is 23.0 Å². The SMILES string of the molecule is COCCn1cc(C(=O)c2cc(F)ccc2OCc2c(F)cccc2Cl)cc(C#N)c1=O. The fourth-order valence-electron chi connectivity index (χ4n) is 2.98. The van der Waals surface area contributed by atoms with Crippen LogP contribution in [0.2, 0.25) is 5.02 Å². The molecule has 0 fully saturated rings. The quantitative estimate of drug-likeness (QED) is 0.474. The molecule has 0 bridgehead atoms. The van der Waals surface area contributed by atoms with E-state index in [1.54, 1.807) is 6.07 Å². The van der Waals surface area contributed by atoms with Crippen molar-refractivity contribution in [2.45, 2.75) is 13.2 Å². The van der Waals surface area contributed by atoms with Gasteiger partial charge in [-0.05, 0) is 36.4 Å². The average molecular weight is 459 g/mol. The number of hydrogen-bond acceptors (Lipinski definition) is 5. The molecule has 0 atom stereocenters. The van der Waals surface area contributed by atoms with Crippen LogP contribution in [-0.4, -0.2) is 24.1 Å². The third kappa shape index (κ3) is 5.02. The molecule has 0 aliphatic rings. The number of rotatable bonds is 8. The summed E-state index contributed by atoms with van der Waals surface area (Å²) in [4.78, 5) is 25.5. The molecule has 0 aliphatic heterocycles. The molecular formula is C23H17ClF2N2O4. The summed E-state index contributed by atoms with van der Waals surface area (Å²) in [6.07, 6.45) is 1.27. The van der Waals surface area contributed by atoms with Crippen LogP contribution in [0, 0.1) is 23.0 Å². The molecule has 3 rings (SSSR count). The molecular weight excluding hydrogens is 442 g/mol. The van der Waals surface area contributed by atoms with Crippen molar-refractivity contribution in [2.24, 2.45) is 0 Å². The summed E-state index contributed by atoms with van der Waals surface area (Å²) in [7, 11) is 1.45. The Kier molecular flexibility index (Phi) is 7.36. The molecule has 0 radical (unpaired) electrons. The highest BCUT2D eigenvalue weighted by Crippen LogP contribution is 2.26. The fraction of sp³-hybridized carbons (Fsp3) is 0.174. The molecule has 1 aromatic heterocycles. The van der Waals surface area contributed by atoms with Gasteiger partial charge in [-0.3, -0.25) is 9.59 Å². The topological polar surface area (TPSA) is 81.3 Å². The minimum Gasteiger partial charge on any atom is -0.488 e. The van der Waals surface area contributed by atoms with Gasteiger partial charge < -0.3 is 14.0 Å². The summed E-state index contributed by atoms with van der Waals surface area (Å²) < 4.78 is 39.7. The van der Waals surface area contributed by atoms with E-state index >= 15 is 0 Å². The average Bonchev–Trinajstić information content (AvgIpc) is 2.78. The van der Waals surface area contributed by atoms with E-state index in [9.17, 15) is 23.6 Å². The van der Waals surface area contributed by atoms with Crippen LogP contribution in [0.25, 0.3) is 0 Å². The number of hydrogen-bond donors (Lipinski definition) is 0. The van der Waals surface area contributed by atoms with Gasteiger partial charge in [-0.25, -0.2) is 8.78 Å². The second-order valence-electron chi connectivity index (χ2n) is 6.70. The lowest BCUT2D eigenvalue weighted by Crippen LogP contribution is -2.25. The fourth-order valence-corrected chi connectivity index (χ4v) is 3.19. The number of ketones is 1. The van der Waals surface area contributed by atoms with E-state index in [0.29, 0.717) is 0 Å². The standard InChI is InChI=1S/C23H17ClF2N2O4/c1-31-8-7-28-12-15(9-14(11-27)23(28)30)22(29)17-10-16(25)5-6-21(17)32-13-18-19(24)3-2-4-20(18)26/h2-6,9-10,12H,7-8,13H2,1H3. The minimum absolute atomic E-state index is 0.0103. The maximum absolute atomic E-state index is 14.0. The highest BCUT2D eigenvalue weighted by atomic mass is 35.5. The highest BCUT2D eigenvalue weighted by Gasteiger charge is 2.20. The summed E-state index contributed by atoms with van der Waals surface area (Å²) in [5.41, 5.74) is -0.915. The molecule has 6 nitrogen and oxygen atoms in total. The summed E-state index contributed by atoms with van der Waals surface area (Å²) in [6.45, 7) is -0.00221. The van der Waals surface area contributed by atoms with Gasteiger partial charge in [0.2, 0.25) is 0 Å². The van der Waals surface area contributed by atoms with E-state index in [1.807, 2.05) is 0 Å². The molecule has 3 aromatic rings. The number of carbonyl (C=O) groups is 1. The minimum atomic E-state index is -0.696. The van der Waals surface area contributed by atoms with E-state index in [4.69, 9.17) is 21.1 Å². The monoisotopic (exact) mass is 458 g/mol. The van der Waals surface area contributed by atoms with Gasteiger partial charge >= 0.3 is 0 Å². The molecule has 0 saturated carbocycles. The van der Waals surface area contributed by atoms with Crippen molar-refractivity contribution in [3.63, 3.8) is 0 Å². The first-order valence-electron chi connectivity index (χ1n) is 9.39. The Morgan fingerprint density at radius 1 is 1.22 bits per heavy atom. The van der Waals surface area contributed by atoms with Crippen molar-refractivity contribution < 1.29 is 23.0 Å². The Labute approximate surface area is 187 Å². The number of pyridine rings is 1. The normalized spacial score (nSPS) is 10.6. The smallest absolute Gasteiger partial charge is 0.268 e. The zero-order chi connectivity index (χ0) is 23.3. The van der Waals surface area contributed by atoms with Crippen LogP contribution in [0.5, 0.6) is 5.75 Å². The van der Waals surface area contributed by atoms with E-state index in [-0.39, 0.29) is 52.8 Å². The molecule has 9 heteroatoms. The lowest BCUT2D eigenvalue weighted by atomic mass is 10.0. The predicted molar refractivity (Wildman–Crippen MR) is 113 cm³/mol. The van der Waals surface area contributed by atoms with Crippen LogP contribution in [0.3, 0.4) is 0 Å². The van der Waals surface area contributed by atoms with E-state index in [1.165, 1.54) is 42.1 Å². The van der Waals surface area contributed by atoms with Crippen molar-refractivity contribution in [3.05, 3.63) is 97.9 Å². The molecule has 0 aliphatic carbocycles. The molecule has 0 unspecified atom stereocenters. The van der Waals surface area contributed by atoms with Crippen LogP contribution in [0.1, 0.15) is 27.0 Å². The van der Waals surface area contributed by atoms with Crippen molar-refractivity contribution in [1.82, 2.24) is 4.57 Å². The van der Waals surface area contributed by atoms with Gasteiger partial charge in [-0.15, -0.1) is 0 Å². The summed E-state index contributed by atoms with van der Waals surface area (Å²) in [5.74, 6) is -1.97. The number of methoxy groups -OCH3 is 1. The van der Waals surface area contributed by atoms with Crippen LogP contribution >= 0.6 is 11.6 Å². The predicted octanol–water partition coefficient (Wildman–Crippen LogP) is 4.11. The lowest BCUT2D eigenvalue weighted by Gasteiger charge is -2.13. The van der Waals surface area contributed by atoms with Crippen LogP contribution < -0.4 is 10.3 Å². The van der Waals surface area contributed by atoms with Gasteiger partial charge in [0.1, 0.15) is 35.6 Å². The molecule has 0 amide bonds. The first-order valence-corrected chi connectivity index (χ1v) is 9.77. The Bertz CT molecular complexity index is 1250. The zero-order valence-corrected chi connectivity index (χ0v) is 17.7. The van der Waals surface area contributed by atoms with Gasteiger partial charge in [0.05, 0.1) is 17.2 Å². The molecule has 0 spiro atoms. The van der Waals surface area contributed by atoms with Crippen LogP contribution in [-0.2, 0) is 17.9 Å². The number of nitriles is 1.